The van der Waals surface area contributed by atoms with Gasteiger partial charge in [-0.25, -0.2) is 4.79 Å². The summed E-state index contributed by atoms with van der Waals surface area (Å²) in [5.41, 5.74) is -1.10. The van der Waals surface area contributed by atoms with Gasteiger partial charge in [0.1, 0.15) is 5.70 Å². The van der Waals surface area contributed by atoms with Gasteiger partial charge < -0.3 is 15.2 Å². The van der Waals surface area contributed by atoms with E-state index in [4.69, 9.17) is 0 Å². The summed E-state index contributed by atoms with van der Waals surface area (Å²) in [5.74, 6) is -3.52. The number of ether oxygens (including phenoxy) is 1. The number of hydrogen-bond acceptors (Lipinski definition) is 4. The minimum absolute atomic E-state index is 0.0326. The summed E-state index contributed by atoms with van der Waals surface area (Å²) in [6.45, 7) is 1.65. The number of esters is 1. The molecule has 7 heteroatoms. The molecule has 1 N–H and O–H groups in total. The molecule has 0 aliphatic rings. The van der Waals surface area contributed by atoms with Crippen molar-refractivity contribution in [3.05, 3.63) is 11.5 Å². The Morgan fingerprint density at radius 1 is 1.47 bits per heavy atom. The fraction of sp³-hybridized carbons (Fsp3) is 0.625. The summed E-state index contributed by atoms with van der Waals surface area (Å²) in [6.07, 6.45) is -4.62. The molecule has 0 spiro atoms. The van der Waals surface area contributed by atoms with E-state index in [0.717, 1.165) is 7.05 Å². The van der Waals surface area contributed by atoms with E-state index in [1.807, 2.05) is 5.32 Å². The van der Waals surface area contributed by atoms with E-state index >= 15 is 0 Å². The summed E-state index contributed by atoms with van der Waals surface area (Å²) in [5, 5.41) is 12.6. The number of hydrogen-bond donors (Lipinski definition) is 1. The number of carbonyl (C=O) groups is 1. The molecule has 15 heavy (non-hydrogen) atoms. The van der Waals surface area contributed by atoms with Gasteiger partial charge in [-0.2, -0.15) is 13.2 Å². The number of alkyl halides is 3. The summed E-state index contributed by atoms with van der Waals surface area (Å²) in [4.78, 5) is 11.0. The first-order chi connectivity index (χ1) is 6.84. The first-order valence-corrected chi connectivity index (χ1v) is 4.18. The van der Waals surface area contributed by atoms with E-state index in [1.54, 1.807) is 6.92 Å². The number of halogens is 3. The van der Waals surface area contributed by atoms with Gasteiger partial charge in [0.05, 0.1) is 6.61 Å². The van der Waals surface area contributed by atoms with Crippen LogP contribution in [0.15, 0.2) is 11.5 Å². The van der Waals surface area contributed by atoms with Crippen LogP contribution in [0.1, 0.15) is 13.3 Å². The predicted molar refractivity (Wildman–Crippen MR) is 43.4 cm³/mol. The lowest BCUT2D eigenvalue weighted by Gasteiger charge is -2.20. The Labute approximate surface area is 84.7 Å². The molecule has 0 bridgehead atoms. The highest BCUT2D eigenvalue weighted by Crippen LogP contribution is 2.23. The summed E-state index contributed by atoms with van der Waals surface area (Å²) in [6, 6.07) is 0. The smallest absolute Gasteiger partial charge is 0.404 e. The van der Waals surface area contributed by atoms with Gasteiger partial charge >= 0.3 is 12.1 Å². The topological polar surface area (TPSA) is 61.4 Å². The van der Waals surface area contributed by atoms with Crippen molar-refractivity contribution in [2.24, 2.45) is 0 Å². The van der Waals surface area contributed by atoms with Crippen molar-refractivity contribution >= 4 is 5.97 Å². The largest absolute Gasteiger partial charge is 0.868 e. The molecule has 0 aliphatic carbocycles. The average molecular weight is 226 g/mol. The number of carbonyl (C=O) groups excluding carboxylic acids is 1. The lowest BCUT2D eigenvalue weighted by atomic mass is 10.3. The van der Waals surface area contributed by atoms with Crippen LogP contribution in [-0.4, -0.2) is 25.8 Å². The van der Waals surface area contributed by atoms with E-state index in [9.17, 15) is 23.1 Å². The Morgan fingerprint density at radius 2 is 2.00 bits per heavy atom. The maximum atomic E-state index is 12.0. The molecule has 4 nitrogen and oxygen atoms in total. The van der Waals surface area contributed by atoms with Crippen LogP contribution in [0.4, 0.5) is 13.2 Å². The third kappa shape index (κ3) is 4.09. The molecule has 0 heterocycles. The minimum atomic E-state index is -5.08. The Balaban J connectivity index is 4.81. The summed E-state index contributed by atoms with van der Waals surface area (Å²) >= 11 is 0. The third-order valence-corrected chi connectivity index (χ3v) is 1.38. The lowest BCUT2D eigenvalue weighted by Crippen LogP contribution is -2.33. The second kappa shape index (κ2) is 5.47. The fourth-order valence-electron chi connectivity index (χ4n) is 0.717. The normalized spacial score (nSPS) is 13.1. The van der Waals surface area contributed by atoms with Gasteiger partial charge in [0.25, 0.3) is 0 Å². The molecule has 0 rings (SSSR count). The first kappa shape index (κ1) is 13.6. The third-order valence-electron chi connectivity index (χ3n) is 1.38. The van der Waals surface area contributed by atoms with Crippen LogP contribution in [0.3, 0.4) is 0 Å². The van der Waals surface area contributed by atoms with Crippen LogP contribution >= 0.6 is 0 Å². The molecule has 0 unspecified atom stereocenters. The maximum absolute atomic E-state index is 12.0. The maximum Gasteiger partial charge on any atom is 0.404 e. The quantitative estimate of drug-likeness (QED) is 0.425. The lowest BCUT2D eigenvalue weighted by molar-refractivity contribution is -0.362. The van der Waals surface area contributed by atoms with Gasteiger partial charge in [0.15, 0.2) is 0 Å². The molecular formula is C8H11F3NO3-. The van der Waals surface area contributed by atoms with Crippen molar-refractivity contribution in [2.45, 2.75) is 19.5 Å². The SMILES string of the molecule is CCCOC(=O)/C(NC)=C(\[O-])C(F)(F)F. The van der Waals surface area contributed by atoms with Gasteiger partial charge in [-0.15, -0.1) is 0 Å². The number of likely N-dealkylation sites (N-methyl/N-ethyl adjacent to an activating group) is 1. The molecule has 0 saturated heterocycles. The van der Waals surface area contributed by atoms with E-state index in [-0.39, 0.29) is 6.61 Å². The van der Waals surface area contributed by atoms with Gasteiger partial charge in [0.2, 0.25) is 0 Å². The summed E-state index contributed by atoms with van der Waals surface area (Å²) in [7, 11) is 1.05. The second-order valence-electron chi connectivity index (χ2n) is 2.59. The zero-order chi connectivity index (χ0) is 12.1. The van der Waals surface area contributed by atoms with Gasteiger partial charge in [-0.05, 0) is 6.42 Å². The van der Waals surface area contributed by atoms with Crippen LogP contribution in [0.5, 0.6) is 0 Å². The Kier molecular flexibility index (Phi) is 4.96. The second-order valence-corrected chi connectivity index (χ2v) is 2.59. The van der Waals surface area contributed by atoms with E-state index in [2.05, 4.69) is 4.74 Å². The molecule has 0 aromatic heterocycles. The van der Waals surface area contributed by atoms with Crippen LogP contribution in [0.25, 0.3) is 0 Å². The molecule has 0 aromatic carbocycles. The Hall–Kier alpha value is -1.40. The fourth-order valence-corrected chi connectivity index (χ4v) is 0.717. The molecule has 0 fully saturated rings. The highest BCUT2D eigenvalue weighted by molar-refractivity contribution is 5.88. The Bertz CT molecular complexity index is 260. The molecular weight excluding hydrogens is 215 g/mol. The van der Waals surface area contributed by atoms with Crippen molar-refractivity contribution < 1.29 is 27.8 Å². The Morgan fingerprint density at radius 3 is 2.33 bits per heavy atom. The minimum Gasteiger partial charge on any atom is -0.868 e. The van der Waals surface area contributed by atoms with E-state index in [0.29, 0.717) is 6.42 Å². The van der Waals surface area contributed by atoms with Gasteiger partial charge in [-0.3, -0.25) is 0 Å². The molecule has 88 valence electrons. The molecule has 0 aromatic rings. The van der Waals surface area contributed by atoms with Crippen molar-refractivity contribution in [3.8, 4) is 0 Å². The molecule has 0 saturated carbocycles. The van der Waals surface area contributed by atoms with E-state index < -0.39 is 23.6 Å². The van der Waals surface area contributed by atoms with E-state index in [1.165, 1.54) is 0 Å². The van der Waals surface area contributed by atoms with Crippen LogP contribution in [0.2, 0.25) is 0 Å². The van der Waals surface area contributed by atoms with Crippen molar-refractivity contribution in [1.29, 1.82) is 0 Å². The standard InChI is InChI=1S/C8H12F3NO3/c1-3-4-15-7(14)5(12-2)6(13)8(9,10)11/h12-13H,3-4H2,1-2H3/p-1/b6-5+. The van der Waals surface area contributed by atoms with Crippen molar-refractivity contribution in [3.63, 3.8) is 0 Å². The number of nitrogens with one attached hydrogen (secondary N) is 1. The van der Waals surface area contributed by atoms with Crippen molar-refractivity contribution in [1.82, 2.24) is 5.32 Å². The highest BCUT2D eigenvalue weighted by Gasteiger charge is 2.31. The van der Waals surface area contributed by atoms with Crippen LogP contribution in [-0.2, 0) is 9.53 Å². The zero-order valence-electron chi connectivity index (χ0n) is 8.27. The van der Waals surface area contributed by atoms with Gasteiger partial charge in [-0.1, -0.05) is 6.92 Å². The van der Waals surface area contributed by atoms with Crippen LogP contribution in [0, 0.1) is 0 Å². The summed E-state index contributed by atoms with van der Waals surface area (Å²) < 4.78 is 40.3. The van der Waals surface area contributed by atoms with Gasteiger partial charge in [0, 0.05) is 12.8 Å². The molecule has 0 atom stereocenters. The number of rotatable bonds is 4. The number of allylic oxidation sites excluding steroid dienone is 1. The predicted octanol–water partition coefficient (Wildman–Crippen LogP) is 0.293. The monoisotopic (exact) mass is 226 g/mol. The van der Waals surface area contributed by atoms with Crippen molar-refractivity contribution in [2.75, 3.05) is 13.7 Å². The first-order valence-electron chi connectivity index (χ1n) is 4.18. The zero-order valence-corrected chi connectivity index (χ0v) is 8.27. The molecule has 0 aliphatic heterocycles. The molecule has 0 radical (unpaired) electrons. The highest BCUT2D eigenvalue weighted by atomic mass is 19.4. The average Bonchev–Trinajstić information content (AvgIpc) is 2.14. The van der Waals surface area contributed by atoms with Crippen LogP contribution < -0.4 is 10.4 Å². The molecule has 0 amide bonds.